The van der Waals surface area contributed by atoms with Crippen molar-refractivity contribution in [3.05, 3.63) is 29.8 Å². The molecule has 0 aliphatic carbocycles. The third-order valence-corrected chi connectivity index (χ3v) is 4.68. The zero-order valence-electron chi connectivity index (χ0n) is 9.57. The topological polar surface area (TPSA) is 118 Å². The van der Waals surface area contributed by atoms with Crippen LogP contribution in [0.15, 0.2) is 29.0 Å². The molecule has 19 heavy (non-hydrogen) atoms. The molecule has 0 aromatic carbocycles. The van der Waals surface area contributed by atoms with E-state index in [2.05, 4.69) is 19.7 Å². The van der Waals surface area contributed by atoms with Crippen LogP contribution in [-0.4, -0.2) is 27.8 Å². The van der Waals surface area contributed by atoms with E-state index in [4.69, 9.17) is 5.73 Å². The number of nitrogen functional groups attached to an aromatic ring is 1. The number of anilines is 1. The Morgan fingerprint density at radius 1 is 1.53 bits per heavy atom. The molecule has 0 amide bonds. The van der Waals surface area contributed by atoms with Gasteiger partial charge in [-0.15, -0.1) is 11.3 Å². The van der Waals surface area contributed by atoms with Gasteiger partial charge in [0.05, 0.1) is 6.54 Å². The van der Waals surface area contributed by atoms with Gasteiger partial charge in [-0.05, 0) is 0 Å². The molecule has 3 rings (SSSR count). The Morgan fingerprint density at radius 3 is 3.11 bits per heavy atom. The Hall–Kier alpha value is -1.91. The molecule has 4 N–H and O–H groups in total. The van der Waals surface area contributed by atoms with Crippen molar-refractivity contribution < 1.29 is 8.42 Å². The lowest BCUT2D eigenvalue weighted by Crippen LogP contribution is -2.25. The third kappa shape index (κ3) is 2.09. The number of sulfonamides is 1. The standard InChI is InChI=1S/C9H10N6O2S2/c10-7-8(15-3-4-18-9(15)14-7)19(16,17)13-5-6-11-1-2-12-6/h1-4,13H,5,10H2,(H,11,12). The van der Waals surface area contributed by atoms with Crippen LogP contribution in [0.2, 0.25) is 0 Å². The molecule has 3 heterocycles. The second kappa shape index (κ2) is 4.33. The van der Waals surface area contributed by atoms with Crippen molar-refractivity contribution in [2.24, 2.45) is 0 Å². The minimum atomic E-state index is -3.75. The number of imidazole rings is 2. The van der Waals surface area contributed by atoms with E-state index >= 15 is 0 Å². The van der Waals surface area contributed by atoms with E-state index in [0.717, 1.165) is 0 Å². The van der Waals surface area contributed by atoms with Crippen molar-refractivity contribution in [2.45, 2.75) is 11.6 Å². The van der Waals surface area contributed by atoms with Gasteiger partial charge in [-0.2, -0.15) is 0 Å². The van der Waals surface area contributed by atoms with Gasteiger partial charge in [0.25, 0.3) is 10.0 Å². The largest absolute Gasteiger partial charge is 0.381 e. The van der Waals surface area contributed by atoms with Crippen LogP contribution >= 0.6 is 11.3 Å². The first kappa shape index (κ1) is 12.1. The molecule has 100 valence electrons. The van der Waals surface area contributed by atoms with Crippen LogP contribution in [0, 0.1) is 0 Å². The summed E-state index contributed by atoms with van der Waals surface area (Å²) in [5.74, 6) is 0.506. The average molecular weight is 298 g/mol. The van der Waals surface area contributed by atoms with Gasteiger partial charge in [0, 0.05) is 24.0 Å². The summed E-state index contributed by atoms with van der Waals surface area (Å²) in [6.45, 7) is 0.0617. The summed E-state index contributed by atoms with van der Waals surface area (Å²) in [5.41, 5.74) is 5.66. The predicted octanol–water partition coefficient (Wildman–Crippen LogP) is 0.180. The second-order valence-corrected chi connectivity index (χ2v) is 6.27. The van der Waals surface area contributed by atoms with Crippen LogP contribution in [0.4, 0.5) is 5.82 Å². The number of nitrogens with two attached hydrogens (primary N) is 1. The fourth-order valence-corrected chi connectivity index (χ4v) is 3.64. The van der Waals surface area contributed by atoms with Gasteiger partial charge < -0.3 is 10.7 Å². The highest BCUT2D eigenvalue weighted by atomic mass is 32.2. The Kier molecular flexibility index (Phi) is 2.77. The Bertz CT molecular complexity index is 801. The average Bonchev–Trinajstić information content (AvgIpc) is 3.01. The summed E-state index contributed by atoms with van der Waals surface area (Å²) < 4.78 is 28.3. The minimum Gasteiger partial charge on any atom is -0.381 e. The van der Waals surface area contributed by atoms with E-state index in [-0.39, 0.29) is 17.4 Å². The number of fused-ring (bicyclic) bond motifs is 1. The van der Waals surface area contributed by atoms with Gasteiger partial charge >= 0.3 is 0 Å². The first-order valence-corrected chi connectivity index (χ1v) is 7.63. The number of rotatable bonds is 4. The number of hydrogen-bond donors (Lipinski definition) is 3. The molecule has 0 aliphatic rings. The molecule has 0 spiro atoms. The molecule has 8 nitrogen and oxygen atoms in total. The molecule has 0 saturated heterocycles. The molecule has 10 heteroatoms. The van der Waals surface area contributed by atoms with Gasteiger partial charge in [0.1, 0.15) is 5.82 Å². The smallest absolute Gasteiger partial charge is 0.260 e. The van der Waals surface area contributed by atoms with Gasteiger partial charge in [0.15, 0.2) is 15.8 Å². The molecular weight excluding hydrogens is 288 g/mol. The minimum absolute atomic E-state index is 0.0150. The van der Waals surface area contributed by atoms with Crippen LogP contribution in [-0.2, 0) is 16.6 Å². The fraction of sp³-hybridized carbons (Fsp3) is 0.111. The summed E-state index contributed by atoms with van der Waals surface area (Å²) >= 11 is 1.32. The molecule has 0 unspecified atom stereocenters. The molecule has 0 bridgehead atoms. The molecule has 0 fully saturated rings. The molecule has 0 atom stereocenters. The highest BCUT2D eigenvalue weighted by Gasteiger charge is 2.24. The van der Waals surface area contributed by atoms with Crippen LogP contribution in [0.3, 0.4) is 0 Å². The van der Waals surface area contributed by atoms with Crippen LogP contribution < -0.4 is 10.5 Å². The number of aromatic nitrogens is 4. The lowest BCUT2D eigenvalue weighted by molar-refractivity contribution is 0.575. The summed E-state index contributed by atoms with van der Waals surface area (Å²) in [4.78, 5) is 11.3. The maximum absolute atomic E-state index is 12.2. The maximum atomic E-state index is 12.2. The zero-order valence-corrected chi connectivity index (χ0v) is 11.2. The zero-order chi connectivity index (χ0) is 13.5. The van der Waals surface area contributed by atoms with E-state index in [9.17, 15) is 8.42 Å². The molecule has 0 saturated carbocycles. The molecule has 0 radical (unpaired) electrons. The van der Waals surface area contributed by atoms with E-state index < -0.39 is 10.0 Å². The number of hydrogen-bond acceptors (Lipinski definition) is 6. The Morgan fingerprint density at radius 2 is 2.37 bits per heavy atom. The van der Waals surface area contributed by atoms with Crippen molar-refractivity contribution in [3.63, 3.8) is 0 Å². The van der Waals surface area contributed by atoms with Crippen molar-refractivity contribution in [1.82, 2.24) is 24.1 Å². The number of nitrogens with zero attached hydrogens (tertiary/aromatic N) is 3. The number of nitrogens with one attached hydrogen (secondary N) is 2. The van der Waals surface area contributed by atoms with Crippen molar-refractivity contribution >= 4 is 32.1 Å². The normalized spacial score (nSPS) is 12.2. The lowest BCUT2D eigenvalue weighted by Gasteiger charge is -2.04. The van der Waals surface area contributed by atoms with Crippen molar-refractivity contribution in [3.8, 4) is 0 Å². The summed E-state index contributed by atoms with van der Waals surface area (Å²) in [6.07, 6.45) is 4.78. The third-order valence-electron chi connectivity index (χ3n) is 2.48. The van der Waals surface area contributed by atoms with Crippen molar-refractivity contribution in [2.75, 3.05) is 5.73 Å². The summed E-state index contributed by atoms with van der Waals surface area (Å²) in [6, 6.07) is 0. The predicted molar refractivity (Wildman–Crippen MR) is 70.1 cm³/mol. The van der Waals surface area contributed by atoms with Gasteiger partial charge in [-0.25, -0.2) is 23.1 Å². The summed E-state index contributed by atoms with van der Waals surface area (Å²) in [7, 11) is -3.75. The molecule has 3 aromatic heterocycles. The first-order valence-electron chi connectivity index (χ1n) is 5.27. The number of thiazole rings is 1. The molecule has 3 aromatic rings. The molecular formula is C9H10N6O2S2. The first-order chi connectivity index (χ1) is 9.08. The second-order valence-electron chi connectivity index (χ2n) is 3.72. The van der Waals surface area contributed by atoms with Gasteiger partial charge in [0.2, 0.25) is 0 Å². The van der Waals surface area contributed by atoms with E-state index in [1.165, 1.54) is 15.7 Å². The number of H-pyrrole nitrogens is 1. The SMILES string of the molecule is Nc1nc2sccn2c1S(=O)(=O)NCc1ncc[nH]1. The quantitative estimate of drug-likeness (QED) is 0.635. The van der Waals surface area contributed by atoms with E-state index in [0.29, 0.717) is 10.8 Å². The monoisotopic (exact) mass is 298 g/mol. The number of aromatic amines is 1. The Balaban J connectivity index is 1.95. The van der Waals surface area contributed by atoms with Crippen LogP contribution in [0.25, 0.3) is 4.96 Å². The van der Waals surface area contributed by atoms with Crippen molar-refractivity contribution in [1.29, 1.82) is 0 Å². The van der Waals surface area contributed by atoms with Gasteiger partial charge in [-0.1, -0.05) is 0 Å². The highest BCUT2D eigenvalue weighted by molar-refractivity contribution is 7.89. The molecule has 0 aliphatic heterocycles. The van der Waals surface area contributed by atoms with E-state index in [1.54, 1.807) is 24.0 Å². The van der Waals surface area contributed by atoms with Gasteiger partial charge in [-0.3, -0.25) is 4.40 Å². The highest BCUT2D eigenvalue weighted by Crippen LogP contribution is 2.23. The summed E-state index contributed by atoms with van der Waals surface area (Å²) in [5, 5.41) is 1.70. The van der Waals surface area contributed by atoms with Crippen LogP contribution in [0.1, 0.15) is 5.82 Å². The van der Waals surface area contributed by atoms with Crippen LogP contribution in [0.5, 0.6) is 0 Å². The van der Waals surface area contributed by atoms with E-state index in [1.807, 2.05) is 0 Å². The Labute approximate surface area is 112 Å². The maximum Gasteiger partial charge on any atom is 0.260 e. The fourth-order valence-electron chi connectivity index (χ4n) is 1.68. The lowest BCUT2D eigenvalue weighted by atomic mass is 10.6.